The summed E-state index contributed by atoms with van der Waals surface area (Å²) in [5.41, 5.74) is -0.273. The fraction of sp³-hybridized carbons (Fsp3) is 0.389. The number of carbonyl (C=O) groups is 1. The summed E-state index contributed by atoms with van der Waals surface area (Å²) < 4.78 is 19.0. The van der Waals surface area contributed by atoms with Crippen molar-refractivity contribution in [3.8, 4) is 0 Å². The Kier molecular flexibility index (Phi) is 5.97. The van der Waals surface area contributed by atoms with Crippen molar-refractivity contribution >= 4 is 29.1 Å². The number of piperidine rings is 1. The van der Waals surface area contributed by atoms with Gasteiger partial charge in [0.15, 0.2) is 0 Å². The van der Waals surface area contributed by atoms with Crippen molar-refractivity contribution in [3.05, 3.63) is 46.4 Å². The molecule has 1 aliphatic heterocycles. The lowest BCUT2D eigenvalue weighted by atomic mass is 9.97. The molecule has 9 nitrogen and oxygen atoms in total. The smallest absolute Gasteiger partial charge is 0.329 e. The Hall–Kier alpha value is -3.30. The monoisotopic (exact) mass is 389 g/mol. The topological polar surface area (TPSA) is 110 Å². The number of ether oxygens (including phenoxy) is 1. The molecule has 28 heavy (non-hydrogen) atoms. The molecule has 3 rings (SSSR count). The van der Waals surface area contributed by atoms with Crippen LogP contribution in [0.25, 0.3) is 0 Å². The van der Waals surface area contributed by atoms with E-state index in [9.17, 15) is 19.3 Å². The lowest BCUT2D eigenvalue weighted by Crippen LogP contribution is -2.38. The normalized spacial score (nSPS) is 14.6. The molecule has 1 fully saturated rings. The highest BCUT2D eigenvalue weighted by molar-refractivity contribution is 5.73. The fourth-order valence-electron chi connectivity index (χ4n) is 3.01. The van der Waals surface area contributed by atoms with Gasteiger partial charge in [0, 0.05) is 13.1 Å². The lowest BCUT2D eigenvalue weighted by molar-refractivity contribution is -0.384. The van der Waals surface area contributed by atoms with E-state index in [1.165, 1.54) is 18.2 Å². The number of halogens is 1. The van der Waals surface area contributed by atoms with Gasteiger partial charge in [-0.25, -0.2) is 9.37 Å². The van der Waals surface area contributed by atoms with Crippen LogP contribution in [0.3, 0.4) is 0 Å². The SMILES string of the molecule is CCOC(=O)C1CCN(c2ncc([N+](=O)[O-])c(Nc3ccccc3F)n2)CC1. The van der Waals surface area contributed by atoms with Crippen molar-refractivity contribution in [2.24, 2.45) is 5.92 Å². The summed E-state index contributed by atoms with van der Waals surface area (Å²) in [7, 11) is 0. The molecule has 10 heteroatoms. The van der Waals surface area contributed by atoms with Crippen molar-refractivity contribution in [3.63, 3.8) is 0 Å². The number of nitro groups is 1. The molecule has 1 saturated heterocycles. The van der Waals surface area contributed by atoms with Crippen molar-refractivity contribution < 1.29 is 18.8 Å². The highest BCUT2D eigenvalue weighted by atomic mass is 19.1. The van der Waals surface area contributed by atoms with Gasteiger partial charge < -0.3 is 15.0 Å². The van der Waals surface area contributed by atoms with Crippen LogP contribution in [0, 0.1) is 21.8 Å². The number of benzene rings is 1. The van der Waals surface area contributed by atoms with E-state index in [-0.39, 0.29) is 35.0 Å². The van der Waals surface area contributed by atoms with Crippen LogP contribution in [-0.4, -0.2) is 40.6 Å². The van der Waals surface area contributed by atoms with E-state index in [1.54, 1.807) is 13.0 Å². The number of nitrogens with one attached hydrogen (secondary N) is 1. The van der Waals surface area contributed by atoms with Gasteiger partial charge in [-0.1, -0.05) is 12.1 Å². The molecule has 2 heterocycles. The van der Waals surface area contributed by atoms with Gasteiger partial charge >= 0.3 is 11.7 Å². The number of aromatic nitrogens is 2. The standard InChI is InChI=1S/C18H20FN5O4/c1-2-28-17(25)12-7-9-23(10-8-12)18-20-11-15(24(26)27)16(22-18)21-14-6-4-3-5-13(14)19/h3-6,11-12H,2,7-10H2,1H3,(H,20,21,22). The van der Waals surface area contributed by atoms with Crippen LogP contribution in [0.1, 0.15) is 19.8 Å². The van der Waals surface area contributed by atoms with E-state index in [1.807, 2.05) is 4.90 Å². The van der Waals surface area contributed by atoms with Crippen LogP contribution in [0.5, 0.6) is 0 Å². The molecule has 0 aliphatic carbocycles. The van der Waals surface area contributed by atoms with Crippen LogP contribution < -0.4 is 10.2 Å². The predicted octanol–water partition coefficient (Wildman–Crippen LogP) is 3.05. The molecule has 1 aliphatic rings. The summed E-state index contributed by atoms with van der Waals surface area (Å²) in [6, 6.07) is 5.84. The molecule has 2 aromatic rings. The van der Waals surface area contributed by atoms with Gasteiger partial charge in [-0.2, -0.15) is 4.98 Å². The molecule has 0 unspecified atom stereocenters. The molecule has 148 valence electrons. The Labute approximate surface area is 160 Å². The number of esters is 1. The summed E-state index contributed by atoms with van der Waals surface area (Å²) in [6.07, 6.45) is 2.26. The quantitative estimate of drug-likeness (QED) is 0.456. The summed E-state index contributed by atoms with van der Waals surface area (Å²) >= 11 is 0. The Bertz CT molecular complexity index is 871. The number of anilines is 3. The maximum atomic E-state index is 13.9. The Morgan fingerprint density at radius 2 is 2.11 bits per heavy atom. The second kappa shape index (κ2) is 8.59. The first-order valence-corrected chi connectivity index (χ1v) is 8.94. The number of hydrogen-bond donors (Lipinski definition) is 1. The van der Waals surface area contributed by atoms with Gasteiger partial charge in [0.05, 0.1) is 23.1 Å². The molecule has 0 radical (unpaired) electrons. The summed E-state index contributed by atoms with van der Waals surface area (Å²) in [5.74, 6) is -0.745. The minimum atomic E-state index is -0.625. The number of carbonyl (C=O) groups excluding carboxylic acids is 1. The highest BCUT2D eigenvalue weighted by Crippen LogP contribution is 2.29. The molecular weight excluding hydrogens is 369 g/mol. The molecule has 1 aromatic heterocycles. The summed E-state index contributed by atoms with van der Waals surface area (Å²) in [4.78, 5) is 32.7. The van der Waals surface area contributed by atoms with Gasteiger partial charge in [-0.15, -0.1) is 0 Å². The van der Waals surface area contributed by atoms with Crippen LogP contribution in [0.2, 0.25) is 0 Å². The molecular formula is C18H20FN5O4. The number of para-hydroxylation sites is 1. The first-order chi connectivity index (χ1) is 13.5. The van der Waals surface area contributed by atoms with E-state index >= 15 is 0 Å². The number of nitrogens with zero attached hydrogens (tertiary/aromatic N) is 4. The van der Waals surface area contributed by atoms with Crippen molar-refractivity contribution in [2.45, 2.75) is 19.8 Å². The van der Waals surface area contributed by atoms with Gasteiger partial charge in [-0.05, 0) is 31.9 Å². The average molecular weight is 389 g/mol. The molecule has 1 aromatic carbocycles. The third-order valence-corrected chi connectivity index (χ3v) is 4.48. The van der Waals surface area contributed by atoms with E-state index in [0.717, 1.165) is 6.20 Å². The summed E-state index contributed by atoms with van der Waals surface area (Å²) in [6.45, 7) is 3.14. The van der Waals surface area contributed by atoms with E-state index in [4.69, 9.17) is 4.74 Å². The Balaban J connectivity index is 1.79. The van der Waals surface area contributed by atoms with E-state index in [0.29, 0.717) is 32.5 Å². The van der Waals surface area contributed by atoms with Crippen LogP contribution >= 0.6 is 0 Å². The Morgan fingerprint density at radius 3 is 2.75 bits per heavy atom. The van der Waals surface area contributed by atoms with Gasteiger partial charge in [0.1, 0.15) is 12.0 Å². The summed E-state index contributed by atoms with van der Waals surface area (Å²) in [5, 5.41) is 14.0. The average Bonchev–Trinajstić information content (AvgIpc) is 2.70. The molecule has 0 bridgehead atoms. The van der Waals surface area contributed by atoms with E-state index < -0.39 is 10.7 Å². The van der Waals surface area contributed by atoms with Crippen LogP contribution in [-0.2, 0) is 9.53 Å². The molecule has 0 atom stereocenters. The van der Waals surface area contributed by atoms with Gasteiger partial charge in [0.2, 0.25) is 11.8 Å². The zero-order chi connectivity index (χ0) is 20.1. The number of hydrogen-bond acceptors (Lipinski definition) is 8. The zero-order valence-electron chi connectivity index (χ0n) is 15.3. The first-order valence-electron chi connectivity index (χ1n) is 8.94. The second-order valence-electron chi connectivity index (χ2n) is 6.28. The predicted molar refractivity (Wildman–Crippen MR) is 99.9 cm³/mol. The first kappa shape index (κ1) is 19.5. The minimum absolute atomic E-state index is 0.0799. The van der Waals surface area contributed by atoms with Gasteiger partial charge in [-0.3, -0.25) is 14.9 Å². The van der Waals surface area contributed by atoms with Crippen molar-refractivity contribution in [2.75, 3.05) is 29.9 Å². The molecule has 0 amide bonds. The second-order valence-corrected chi connectivity index (χ2v) is 6.28. The minimum Gasteiger partial charge on any atom is -0.466 e. The van der Waals surface area contributed by atoms with Crippen LogP contribution in [0.15, 0.2) is 30.5 Å². The molecule has 0 saturated carbocycles. The van der Waals surface area contributed by atoms with E-state index in [2.05, 4.69) is 15.3 Å². The Morgan fingerprint density at radius 1 is 1.39 bits per heavy atom. The van der Waals surface area contributed by atoms with Crippen molar-refractivity contribution in [1.82, 2.24) is 9.97 Å². The highest BCUT2D eigenvalue weighted by Gasteiger charge is 2.28. The van der Waals surface area contributed by atoms with Crippen molar-refractivity contribution in [1.29, 1.82) is 0 Å². The fourth-order valence-corrected chi connectivity index (χ4v) is 3.01. The largest absolute Gasteiger partial charge is 0.466 e. The maximum absolute atomic E-state index is 13.9. The molecule has 0 spiro atoms. The third-order valence-electron chi connectivity index (χ3n) is 4.48. The third kappa shape index (κ3) is 4.33. The zero-order valence-corrected chi connectivity index (χ0v) is 15.3. The lowest BCUT2D eigenvalue weighted by Gasteiger charge is -2.30. The maximum Gasteiger partial charge on any atom is 0.329 e. The van der Waals surface area contributed by atoms with Crippen LogP contribution in [0.4, 0.5) is 27.5 Å². The van der Waals surface area contributed by atoms with Gasteiger partial charge in [0.25, 0.3) is 0 Å². The number of rotatable bonds is 6. The molecule has 1 N–H and O–H groups in total.